The maximum Gasteiger partial charge on any atom is 0.0211 e. The summed E-state index contributed by atoms with van der Waals surface area (Å²) in [5, 5.41) is 0. The standard InChI is InChI=1S/C14H12I2.2C2H6/c1-9-5-3-7-11(15)13(9)14-10(2)6-4-8-12(14)16;2*1-2/h3-8H,1-2H3;2*1-2H3. The van der Waals surface area contributed by atoms with E-state index >= 15 is 0 Å². The largest absolute Gasteiger partial charge is 0.0683 e. The summed E-state index contributed by atoms with van der Waals surface area (Å²) in [4.78, 5) is 0. The number of hydrogen-bond donors (Lipinski definition) is 0. The van der Waals surface area contributed by atoms with Crippen molar-refractivity contribution in [2.45, 2.75) is 41.5 Å². The summed E-state index contributed by atoms with van der Waals surface area (Å²) >= 11 is 4.84. The topological polar surface area (TPSA) is 0 Å². The van der Waals surface area contributed by atoms with E-state index in [9.17, 15) is 0 Å². The lowest BCUT2D eigenvalue weighted by Crippen LogP contribution is -1.93. The molecule has 0 aromatic heterocycles. The first-order chi connectivity index (χ1) is 9.61. The van der Waals surface area contributed by atoms with Crippen molar-refractivity contribution in [1.82, 2.24) is 0 Å². The van der Waals surface area contributed by atoms with E-state index in [1.54, 1.807) is 0 Å². The Bertz CT molecular complexity index is 441. The van der Waals surface area contributed by atoms with Gasteiger partial charge in [-0.05, 0) is 93.4 Å². The number of aryl methyl sites for hydroxylation is 2. The Kier molecular flexibility index (Phi) is 10.5. The van der Waals surface area contributed by atoms with Gasteiger partial charge in [-0.3, -0.25) is 0 Å². The second-order valence-electron chi connectivity index (χ2n) is 3.86. The Balaban J connectivity index is 0.000000829. The lowest BCUT2D eigenvalue weighted by Gasteiger charge is -2.13. The first-order valence-corrected chi connectivity index (χ1v) is 9.27. The first kappa shape index (κ1) is 19.9. The van der Waals surface area contributed by atoms with Crippen LogP contribution in [0.2, 0.25) is 0 Å². The molecule has 2 aromatic rings. The van der Waals surface area contributed by atoms with Crippen molar-refractivity contribution in [2.24, 2.45) is 0 Å². The van der Waals surface area contributed by atoms with Crippen LogP contribution < -0.4 is 0 Å². The van der Waals surface area contributed by atoms with Crippen LogP contribution in [0.15, 0.2) is 36.4 Å². The van der Waals surface area contributed by atoms with Crippen LogP contribution in [-0.4, -0.2) is 0 Å². The van der Waals surface area contributed by atoms with Gasteiger partial charge in [-0.2, -0.15) is 0 Å². The van der Waals surface area contributed by atoms with Crippen molar-refractivity contribution >= 4 is 45.2 Å². The third-order valence-corrected chi connectivity index (χ3v) is 4.49. The monoisotopic (exact) mass is 494 g/mol. The molecule has 0 amide bonds. The van der Waals surface area contributed by atoms with Gasteiger partial charge in [0.2, 0.25) is 0 Å². The summed E-state index contributed by atoms with van der Waals surface area (Å²) in [6.07, 6.45) is 0. The van der Waals surface area contributed by atoms with Gasteiger partial charge in [0, 0.05) is 7.14 Å². The Morgan fingerprint density at radius 1 is 0.600 bits per heavy atom. The minimum absolute atomic E-state index is 1.32. The van der Waals surface area contributed by atoms with Gasteiger partial charge in [0.25, 0.3) is 0 Å². The maximum atomic E-state index is 2.42. The molecule has 0 bridgehead atoms. The van der Waals surface area contributed by atoms with Crippen molar-refractivity contribution in [3.8, 4) is 11.1 Å². The van der Waals surface area contributed by atoms with E-state index in [1.807, 2.05) is 27.7 Å². The van der Waals surface area contributed by atoms with Gasteiger partial charge in [0.1, 0.15) is 0 Å². The molecule has 0 atom stereocenters. The highest BCUT2D eigenvalue weighted by atomic mass is 127. The molecule has 0 heterocycles. The van der Waals surface area contributed by atoms with Crippen LogP contribution in [-0.2, 0) is 0 Å². The molecule has 0 aliphatic carbocycles. The molecular weight excluding hydrogens is 470 g/mol. The number of hydrogen-bond acceptors (Lipinski definition) is 0. The van der Waals surface area contributed by atoms with E-state index in [0.29, 0.717) is 0 Å². The lowest BCUT2D eigenvalue weighted by atomic mass is 9.97. The molecule has 0 saturated carbocycles. The van der Waals surface area contributed by atoms with Gasteiger partial charge in [-0.15, -0.1) is 0 Å². The predicted molar refractivity (Wildman–Crippen MR) is 109 cm³/mol. The third-order valence-electron chi connectivity index (χ3n) is 2.69. The van der Waals surface area contributed by atoms with Crippen LogP contribution in [0.25, 0.3) is 11.1 Å². The van der Waals surface area contributed by atoms with Gasteiger partial charge in [0.05, 0.1) is 0 Å². The molecule has 20 heavy (non-hydrogen) atoms. The Morgan fingerprint density at radius 2 is 0.900 bits per heavy atom. The quantitative estimate of drug-likeness (QED) is 0.367. The molecule has 0 fully saturated rings. The van der Waals surface area contributed by atoms with Crippen molar-refractivity contribution in [2.75, 3.05) is 0 Å². The molecule has 2 rings (SSSR count). The highest BCUT2D eigenvalue weighted by molar-refractivity contribution is 14.1. The molecule has 0 spiro atoms. The molecule has 0 N–H and O–H groups in total. The average molecular weight is 494 g/mol. The fraction of sp³-hybridized carbons (Fsp3) is 0.333. The second kappa shape index (κ2) is 10.6. The summed E-state index contributed by atoms with van der Waals surface area (Å²) in [5.74, 6) is 0. The van der Waals surface area contributed by atoms with E-state index in [-0.39, 0.29) is 0 Å². The van der Waals surface area contributed by atoms with Crippen molar-refractivity contribution < 1.29 is 0 Å². The highest BCUT2D eigenvalue weighted by Gasteiger charge is 2.11. The van der Waals surface area contributed by atoms with Crippen LogP contribution in [0.3, 0.4) is 0 Å². The molecule has 0 saturated heterocycles. The molecule has 0 radical (unpaired) electrons. The van der Waals surface area contributed by atoms with Crippen LogP contribution >= 0.6 is 45.2 Å². The Hall–Kier alpha value is -0.100. The Labute approximate surface area is 151 Å². The van der Waals surface area contributed by atoms with Crippen LogP contribution in [0.1, 0.15) is 38.8 Å². The maximum absolute atomic E-state index is 2.42. The zero-order valence-electron chi connectivity index (χ0n) is 13.2. The SMILES string of the molecule is CC.CC.Cc1cccc(I)c1-c1c(C)cccc1I. The van der Waals surface area contributed by atoms with Crippen molar-refractivity contribution in [3.05, 3.63) is 54.7 Å². The molecule has 110 valence electrons. The Morgan fingerprint density at radius 3 is 1.15 bits per heavy atom. The van der Waals surface area contributed by atoms with Crippen LogP contribution in [0, 0.1) is 21.0 Å². The summed E-state index contributed by atoms with van der Waals surface area (Å²) < 4.78 is 2.65. The summed E-state index contributed by atoms with van der Waals surface area (Å²) in [7, 11) is 0. The second-order valence-corrected chi connectivity index (χ2v) is 6.19. The summed E-state index contributed by atoms with van der Waals surface area (Å²) in [6, 6.07) is 12.9. The third kappa shape index (κ3) is 5.02. The summed E-state index contributed by atoms with van der Waals surface area (Å²) in [5.41, 5.74) is 5.45. The van der Waals surface area contributed by atoms with E-state index < -0.39 is 0 Å². The smallest absolute Gasteiger partial charge is 0.0211 e. The van der Waals surface area contributed by atoms with Crippen molar-refractivity contribution in [3.63, 3.8) is 0 Å². The van der Waals surface area contributed by atoms with Gasteiger partial charge in [-0.1, -0.05) is 52.0 Å². The van der Waals surface area contributed by atoms with E-state index in [0.717, 1.165) is 0 Å². The van der Waals surface area contributed by atoms with E-state index in [2.05, 4.69) is 95.4 Å². The van der Waals surface area contributed by atoms with E-state index in [1.165, 1.54) is 29.4 Å². The van der Waals surface area contributed by atoms with Crippen LogP contribution in [0.4, 0.5) is 0 Å². The van der Waals surface area contributed by atoms with Crippen molar-refractivity contribution in [1.29, 1.82) is 0 Å². The first-order valence-electron chi connectivity index (χ1n) is 7.12. The number of benzene rings is 2. The summed E-state index contributed by atoms with van der Waals surface area (Å²) in [6.45, 7) is 12.4. The predicted octanol–water partition coefficient (Wildman–Crippen LogP) is 7.23. The number of rotatable bonds is 1. The van der Waals surface area contributed by atoms with Gasteiger partial charge in [0.15, 0.2) is 0 Å². The molecule has 0 nitrogen and oxygen atoms in total. The molecule has 2 heteroatoms. The van der Waals surface area contributed by atoms with Gasteiger partial charge < -0.3 is 0 Å². The lowest BCUT2D eigenvalue weighted by molar-refractivity contribution is 1.38. The zero-order valence-corrected chi connectivity index (χ0v) is 17.5. The fourth-order valence-electron chi connectivity index (χ4n) is 1.90. The average Bonchev–Trinajstić information content (AvgIpc) is 2.46. The van der Waals surface area contributed by atoms with Gasteiger partial charge >= 0.3 is 0 Å². The number of halogens is 2. The molecular formula is C18H24I2. The van der Waals surface area contributed by atoms with Crippen LogP contribution in [0.5, 0.6) is 0 Å². The molecule has 2 aromatic carbocycles. The normalized spacial score (nSPS) is 9.00. The minimum Gasteiger partial charge on any atom is -0.0683 e. The van der Waals surface area contributed by atoms with E-state index in [4.69, 9.17) is 0 Å². The zero-order chi connectivity index (χ0) is 15.7. The minimum atomic E-state index is 1.32. The molecule has 0 unspecified atom stereocenters. The fourth-order valence-corrected chi connectivity index (χ4v) is 3.70. The van der Waals surface area contributed by atoms with Gasteiger partial charge in [-0.25, -0.2) is 0 Å². The highest BCUT2D eigenvalue weighted by Crippen LogP contribution is 2.34. The molecule has 0 aliphatic rings. The molecule has 0 aliphatic heterocycles.